The average Bonchev–Trinajstić information content (AvgIpc) is 3.57. The first-order valence-corrected chi connectivity index (χ1v) is 15.5. The Morgan fingerprint density at radius 1 is 1.21 bits per heavy atom. The summed E-state index contributed by atoms with van der Waals surface area (Å²) in [5.41, 5.74) is 6.34. The number of carbonyl (C=O) groups excluding carboxylic acids is 1. The molecule has 3 aliphatic heterocycles. The van der Waals surface area contributed by atoms with Gasteiger partial charge in [-0.15, -0.1) is 6.58 Å². The minimum atomic E-state index is -3.11. The van der Waals surface area contributed by atoms with Crippen molar-refractivity contribution < 1.29 is 64.3 Å². The molecule has 1 aliphatic carbocycles. The van der Waals surface area contributed by atoms with E-state index in [0.717, 1.165) is 19.1 Å². The molecule has 10 N–H and O–H groups in total. The van der Waals surface area contributed by atoms with Crippen molar-refractivity contribution in [2.24, 2.45) is 22.6 Å². The smallest absolute Gasteiger partial charge is 0.339 e. The Labute approximate surface area is 276 Å². The number of β-amino-alcohol motifs (C(OH)–C–C–N with tert-alkyl or cyclic N) is 1. The van der Waals surface area contributed by atoms with E-state index in [1.165, 1.54) is 19.3 Å². The first-order chi connectivity index (χ1) is 22.9. The number of hydrogen-bond donors (Lipinski definition) is 9. The van der Waals surface area contributed by atoms with Crippen LogP contribution >= 0.6 is 0 Å². The quantitative estimate of drug-likeness (QED) is 0.0351. The number of nitrogens with two attached hydrogens (primary N) is 1. The number of carbonyl (C=O) groups is 2. The SMILES string of the molecule is C=C[C@H]1[C@H](O[C@@H]2O[C@H](CO)[C@@H](O)C(O)(O)[C@H]2O)OC=C(C(=O)OC2CCCC2)[C@H]1/C=C/C1=C(NC(N)=NC)C(C(=O)O)=CN(CCO)C1. The van der Waals surface area contributed by atoms with Gasteiger partial charge in [0.05, 0.1) is 42.2 Å². The number of ether oxygens (including phenoxy) is 4. The zero-order valence-corrected chi connectivity index (χ0v) is 26.4. The summed E-state index contributed by atoms with van der Waals surface area (Å²) in [6, 6.07) is 0. The van der Waals surface area contributed by atoms with Crippen molar-refractivity contribution in [2.75, 3.05) is 33.4 Å². The summed E-state index contributed by atoms with van der Waals surface area (Å²) in [4.78, 5) is 31.2. The highest BCUT2D eigenvalue weighted by Gasteiger charge is 2.56. The number of esters is 1. The molecule has 2 fully saturated rings. The number of guanidine groups is 1. The zero-order valence-electron chi connectivity index (χ0n) is 26.4. The van der Waals surface area contributed by atoms with Crippen LogP contribution in [0, 0.1) is 11.8 Å². The molecule has 1 saturated heterocycles. The summed E-state index contributed by atoms with van der Waals surface area (Å²) in [6.45, 7) is 3.01. The van der Waals surface area contributed by atoms with Gasteiger partial charge in [0.2, 0.25) is 12.1 Å². The van der Waals surface area contributed by atoms with E-state index in [1.807, 2.05) is 0 Å². The van der Waals surface area contributed by atoms with Crippen molar-refractivity contribution >= 4 is 17.9 Å². The van der Waals surface area contributed by atoms with Crippen LogP contribution in [0.5, 0.6) is 0 Å². The molecule has 4 rings (SSSR count). The lowest BCUT2D eigenvalue weighted by atomic mass is 9.83. The van der Waals surface area contributed by atoms with Crippen LogP contribution in [0.15, 0.2) is 64.7 Å². The minimum Gasteiger partial charge on any atom is -0.478 e. The number of carboxylic acids is 1. The Morgan fingerprint density at radius 3 is 2.52 bits per heavy atom. The van der Waals surface area contributed by atoms with Gasteiger partial charge in [-0.25, -0.2) is 9.59 Å². The third kappa shape index (κ3) is 8.07. The standard InChI is InChI=1S/C31H44N4O13/c1-3-18-19(9-8-16-12-35(10-11-36)13-20(26(40)41)23(16)34-30(32)33-2)21(27(42)46-17-6-4-5-7-17)15-45-28(18)48-29-25(39)31(43,44)24(38)22(14-37)47-29/h3,8-9,13,15,17-19,22,24-25,28-29,36-39,43-44H,1,4-7,10-12,14H2,2H3,(H,40,41)(H3,32,33,34)/b9-8+/t18-,19+,22-,24-,25+,28+,29+/m1/s1. The number of rotatable bonds is 12. The summed E-state index contributed by atoms with van der Waals surface area (Å²) in [5, 5.41) is 73.4. The van der Waals surface area contributed by atoms with E-state index >= 15 is 0 Å². The number of nitrogens with zero attached hydrogens (tertiary/aromatic N) is 2. The molecule has 17 heteroatoms. The van der Waals surface area contributed by atoms with Crippen LogP contribution in [0.3, 0.4) is 0 Å². The van der Waals surface area contributed by atoms with Crippen LogP contribution in [-0.2, 0) is 28.5 Å². The van der Waals surface area contributed by atoms with Crippen molar-refractivity contribution in [1.29, 1.82) is 0 Å². The summed E-state index contributed by atoms with van der Waals surface area (Å²) >= 11 is 0. The first kappa shape index (κ1) is 37.0. The third-order valence-electron chi connectivity index (χ3n) is 8.63. The van der Waals surface area contributed by atoms with Gasteiger partial charge in [0.15, 0.2) is 18.4 Å². The molecular formula is C31H44N4O13. The molecule has 0 unspecified atom stereocenters. The lowest BCUT2D eigenvalue weighted by Gasteiger charge is -2.46. The average molecular weight is 681 g/mol. The number of allylic oxidation sites excluding steroid dienone is 1. The topological polar surface area (TPSA) is 266 Å². The third-order valence-corrected chi connectivity index (χ3v) is 8.63. The maximum atomic E-state index is 13.5. The molecule has 17 nitrogen and oxygen atoms in total. The maximum Gasteiger partial charge on any atom is 0.339 e. The summed E-state index contributed by atoms with van der Waals surface area (Å²) in [5.74, 6) is -6.96. The van der Waals surface area contributed by atoms with Gasteiger partial charge in [-0.1, -0.05) is 18.2 Å². The van der Waals surface area contributed by atoms with E-state index in [4.69, 9.17) is 24.7 Å². The predicted octanol–water partition coefficient (Wildman–Crippen LogP) is -2.11. The van der Waals surface area contributed by atoms with Crippen LogP contribution in [0.25, 0.3) is 0 Å². The van der Waals surface area contributed by atoms with Crippen LogP contribution < -0.4 is 11.1 Å². The molecule has 48 heavy (non-hydrogen) atoms. The fourth-order valence-electron chi connectivity index (χ4n) is 5.95. The van der Waals surface area contributed by atoms with Crippen molar-refractivity contribution in [3.8, 4) is 0 Å². The van der Waals surface area contributed by atoms with E-state index in [1.54, 1.807) is 17.1 Å². The van der Waals surface area contributed by atoms with Gasteiger partial charge in [-0.05, 0) is 31.3 Å². The molecule has 0 bridgehead atoms. The highest BCUT2D eigenvalue weighted by molar-refractivity contribution is 5.95. The summed E-state index contributed by atoms with van der Waals surface area (Å²) in [6.07, 6.45) is 0.967. The van der Waals surface area contributed by atoms with Crippen molar-refractivity contribution in [1.82, 2.24) is 10.2 Å². The lowest BCUT2D eigenvalue weighted by molar-refractivity contribution is -0.404. The van der Waals surface area contributed by atoms with E-state index in [-0.39, 0.29) is 48.6 Å². The fourth-order valence-corrected chi connectivity index (χ4v) is 5.95. The number of aliphatic carboxylic acids is 1. The van der Waals surface area contributed by atoms with Gasteiger partial charge in [0.25, 0.3) is 0 Å². The second kappa shape index (κ2) is 16.1. The number of aliphatic hydroxyl groups excluding tert-OH is 4. The predicted molar refractivity (Wildman–Crippen MR) is 166 cm³/mol. The second-order valence-corrected chi connectivity index (χ2v) is 11.8. The molecule has 1 saturated carbocycles. The Morgan fingerprint density at radius 2 is 1.92 bits per heavy atom. The normalized spacial score (nSPS) is 31.3. The zero-order chi connectivity index (χ0) is 35.2. The minimum absolute atomic E-state index is 0.0657. The van der Waals surface area contributed by atoms with Crippen LogP contribution in [0.4, 0.5) is 0 Å². The van der Waals surface area contributed by atoms with Crippen LogP contribution in [0.1, 0.15) is 25.7 Å². The lowest BCUT2D eigenvalue weighted by Crippen LogP contribution is -2.68. The highest BCUT2D eigenvalue weighted by Crippen LogP contribution is 2.38. The molecule has 0 spiro atoms. The Hall–Kier alpha value is -3.81. The van der Waals surface area contributed by atoms with Crippen LogP contribution in [-0.4, -0.2) is 135 Å². The number of carboxylic acid groups (broad SMARTS) is 1. The Kier molecular flexibility index (Phi) is 12.4. The Balaban J connectivity index is 1.73. The molecular weight excluding hydrogens is 636 g/mol. The van der Waals surface area contributed by atoms with Crippen molar-refractivity contribution in [2.45, 2.75) is 68.5 Å². The van der Waals surface area contributed by atoms with E-state index in [9.17, 15) is 45.3 Å². The largest absolute Gasteiger partial charge is 0.478 e. The first-order valence-electron chi connectivity index (χ1n) is 15.5. The number of aliphatic imine (C=N–C) groups is 1. The van der Waals surface area contributed by atoms with Gasteiger partial charge >= 0.3 is 11.9 Å². The maximum absolute atomic E-state index is 13.5. The molecule has 4 aliphatic rings. The van der Waals surface area contributed by atoms with Gasteiger partial charge in [-0.3, -0.25) is 4.99 Å². The Bertz CT molecular complexity index is 1350. The van der Waals surface area contributed by atoms with E-state index < -0.39 is 67.1 Å². The van der Waals surface area contributed by atoms with Crippen molar-refractivity contribution in [3.05, 3.63) is 59.7 Å². The monoisotopic (exact) mass is 680 g/mol. The number of hydrogen-bond acceptors (Lipinski definition) is 14. The van der Waals surface area contributed by atoms with E-state index in [0.29, 0.717) is 18.4 Å². The number of aliphatic hydroxyl groups is 6. The van der Waals surface area contributed by atoms with Gasteiger partial charge in [0.1, 0.15) is 18.3 Å². The molecule has 7 atom stereocenters. The van der Waals surface area contributed by atoms with Gasteiger partial charge in [0, 0.05) is 32.3 Å². The molecule has 0 aromatic heterocycles. The second-order valence-electron chi connectivity index (χ2n) is 11.8. The van der Waals surface area contributed by atoms with Crippen LogP contribution in [0.2, 0.25) is 0 Å². The summed E-state index contributed by atoms with van der Waals surface area (Å²) < 4.78 is 22.7. The molecule has 266 valence electrons. The van der Waals surface area contributed by atoms with Gasteiger partial charge in [-0.2, -0.15) is 0 Å². The number of nitrogens with one attached hydrogen (secondary N) is 1. The molecule has 0 radical (unpaired) electrons. The summed E-state index contributed by atoms with van der Waals surface area (Å²) in [7, 11) is 1.42. The molecule has 0 amide bonds. The molecule has 0 aromatic carbocycles. The molecule has 3 heterocycles. The molecule has 0 aromatic rings. The fraction of sp³-hybridized carbons (Fsp3) is 0.581. The van der Waals surface area contributed by atoms with Gasteiger partial charge < -0.3 is 70.6 Å². The highest BCUT2D eigenvalue weighted by atomic mass is 16.8. The van der Waals surface area contributed by atoms with Crippen molar-refractivity contribution in [3.63, 3.8) is 0 Å². The van der Waals surface area contributed by atoms with E-state index in [2.05, 4.69) is 16.9 Å².